The number of aryl methyl sites for hydroxylation is 1. The maximum absolute atomic E-state index is 16.0. The zero-order valence-electron chi connectivity index (χ0n) is 38.9. The smallest absolute Gasteiger partial charge is 0.284 e. The summed E-state index contributed by atoms with van der Waals surface area (Å²) >= 11 is 0. The first kappa shape index (κ1) is 46.8. The number of nitrogens with zero attached hydrogens (tertiary/aromatic N) is 9. The largest absolute Gasteiger partial charge is 0.376 e. The number of halogens is 3. The van der Waals surface area contributed by atoms with Crippen LogP contribution in [0, 0.1) is 23.7 Å². The second-order valence-electron chi connectivity index (χ2n) is 19.3. The number of amides is 3. The van der Waals surface area contributed by atoms with E-state index in [4.69, 9.17) is 19.2 Å². The molecule has 17 nitrogen and oxygen atoms in total. The number of alkyl halides is 3. The van der Waals surface area contributed by atoms with Gasteiger partial charge >= 0.3 is 0 Å². The van der Waals surface area contributed by atoms with Crippen LogP contribution in [0.25, 0.3) is 16.6 Å². The van der Waals surface area contributed by atoms with E-state index >= 15 is 4.39 Å². The Morgan fingerprint density at radius 2 is 1.83 bits per heavy atom. The van der Waals surface area contributed by atoms with Crippen LogP contribution in [0.3, 0.4) is 0 Å². The molecule has 5 aliphatic rings. The van der Waals surface area contributed by atoms with Crippen molar-refractivity contribution in [3.05, 3.63) is 65.4 Å². The van der Waals surface area contributed by atoms with Gasteiger partial charge in [-0.15, -0.1) is 0 Å². The van der Waals surface area contributed by atoms with Gasteiger partial charge in [0.25, 0.3) is 12.3 Å². The number of hydrogen-bond acceptors (Lipinski definition) is 12. The fourth-order valence-corrected chi connectivity index (χ4v) is 10.7. The minimum atomic E-state index is -2.90. The van der Waals surface area contributed by atoms with Gasteiger partial charge < -0.3 is 29.3 Å². The van der Waals surface area contributed by atoms with E-state index in [2.05, 4.69) is 47.6 Å². The number of carbonyl (C=O) groups is 3. The average Bonchev–Trinajstić information content (AvgIpc) is 4.03. The number of imide groups is 1. The normalized spacial score (nSPS) is 25.4. The summed E-state index contributed by atoms with van der Waals surface area (Å²) in [7, 11) is 1.80. The van der Waals surface area contributed by atoms with E-state index in [9.17, 15) is 23.2 Å². The molecule has 1 saturated carbocycles. The van der Waals surface area contributed by atoms with Crippen molar-refractivity contribution in [1.29, 1.82) is 0 Å². The topological polar surface area (TPSA) is 175 Å². The maximum atomic E-state index is 16.0. The highest BCUT2D eigenvalue weighted by Crippen LogP contribution is 2.37. The summed E-state index contributed by atoms with van der Waals surface area (Å²) in [5, 5.41) is 19.1. The molecule has 2 unspecified atom stereocenters. The molecule has 4 saturated heterocycles. The number of ether oxygens (including phenoxy) is 3. The maximum Gasteiger partial charge on any atom is 0.284 e. The van der Waals surface area contributed by atoms with Crippen molar-refractivity contribution in [2.75, 3.05) is 62.8 Å². The number of piperidine rings is 2. The van der Waals surface area contributed by atoms with Gasteiger partial charge in [0.2, 0.25) is 11.8 Å². The Balaban J connectivity index is 0.713. The molecule has 0 bridgehead atoms. The molecule has 2 N–H and O–H groups in total. The molecule has 0 spiro atoms. The molecule has 8 heterocycles. The van der Waals surface area contributed by atoms with Gasteiger partial charge in [-0.2, -0.15) is 15.3 Å². The van der Waals surface area contributed by atoms with Crippen molar-refractivity contribution in [3.8, 4) is 11.8 Å². The quantitative estimate of drug-likeness (QED) is 0.115. The number of para-hydroxylation sites is 1. The van der Waals surface area contributed by atoms with Crippen LogP contribution in [0.15, 0.2) is 42.9 Å². The van der Waals surface area contributed by atoms with Gasteiger partial charge in [-0.05, 0) is 81.9 Å². The first-order chi connectivity index (χ1) is 33.4. The van der Waals surface area contributed by atoms with E-state index in [1.165, 1.54) is 16.9 Å². The number of benzene rings is 1. The Bertz CT molecular complexity index is 2750. The van der Waals surface area contributed by atoms with Crippen molar-refractivity contribution < 1.29 is 41.8 Å². The lowest BCUT2D eigenvalue weighted by Gasteiger charge is -2.36. The lowest BCUT2D eigenvalue weighted by Crippen LogP contribution is -2.44. The van der Waals surface area contributed by atoms with Crippen molar-refractivity contribution in [3.63, 3.8) is 0 Å². The van der Waals surface area contributed by atoms with Gasteiger partial charge in [0.15, 0.2) is 11.3 Å². The van der Waals surface area contributed by atoms with Crippen LogP contribution in [-0.2, 0) is 30.8 Å². The van der Waals surface area contributed by atoms with Crippen LogP contribution in [0.2, 0.25) is 0 Å². The SMILES string of the molecule is CC1CCN(CC2CCC(n3cc(NC(=O)c4cnn5ccc(N6CCC(OC7COC7)CC6)nc45)c(C(F)F)n3)CC2)C[C@@H](F)[C@H]1OCC#Cc1cccc2c(C3CCC(=O)NC3=O)nn(C)c12. The molecule has 1 aliphatic carbocycles. The van der Waals surface area contributed by atoms with E-state index < -0.39 is 36.2 Å². The first-order valence-corrected chi connectivity index (χ1v) is 24.2. The van der Waals surface area contributed by atoms with Gasteiger partial charge in [-0.3, -0.25) is 29.1 Å². The monoisotopic (exact) mass is 953 g/mol. The Morgan fingerprint density at radius 1 is 1.01 bits per heavy atom. The standard InChI is InChI=1S/C49H58F3N11O6/c1-29-14-18-60(25-38(50)45(29)68-22-4-6-31-5-3-7-35-42(57-59(2)44(31)35)36-12-13-41(64)56-48(36)65)24-30-8-10-32(11-9-30)63-26-39(43(58-63)46(51)52)54-49(66)37-23-53-62-21-17-40(55-47(37)62)61-19-15-33(16-20-61)69-34-27-67-28-34/h3,5,7,17,21,23,26,29-30,32-34,36,38,45-46H,8-16,18-20,22,24-25,27-28H2,1-2H3,(H,54,66)(H,56,64,65)/t29?,30?,32?,36?,38-,45+/m1/s1. The minimum Gasteiger partial charge on any atom is -0.376 e. The molecular weight excluding hydrogens is 896 g/mol. The number of anilines is 2. The summed E-state index contributed by atoms with van der Waals surface area (Å²) in [6.45, 7) is 6.54. The van der Waals surface area contributed by atoms with Crippen LogP contribution in [0.5, 0.6) is 0 Å². The number of hydrogen-bond donors (Lipinski definition) is 2. The van der Waals surface area contributed by atoms with Gasteiger partial charge in [-0.25, -0.2) is 22.7 Å². The number of rotatable bonds is 12. The number of likely N-dealkylation sites (tertiary alicyclic amines) is 1. The van der Waals surface area contributed by atoms with E-state index in [0.29, 0.717) is 61.1 Å². The molecule has 3 amide bonds. The van der Waals surface area contributed by atoms with Crippen molar-refractivity contribution in [2.24, 2.45) is 18.9 Å². The molecule has 366 valence electrons. The molecule has 5 fully saturated rings. The Labute approximate surface area is 397 Å². The summed E-state index contributed by atoms with van der Waals surface area (Å²) < 4.78 is 67.1. The summed E-state index contributed by atoms with van der Waals surface area (Å²) in [6.07, 6.45) is 6.42. The minimum absolute atomic E-state index is 0.0271. The second kappa shape index (κ2) is 20.2. The Morgan fingerprint density at radius 3 is 2.58 bits per heavy atom. The molecular formula is C49H58F3N11O6. The van der Waals surface area contributed by atoms with Crippen molar-refractivity contribution >= 4 is 45.8 Å². The second-order valence-corrected chi connectivity index (χ2v) is 19.3. The predicted molar refractivity (Wildman–Crippen MR) is 248 cm³/mol. The van der Waals surface area contributed by atoms with Crippen molar-refractivity contribution in [1.82, 2.24) is 44.4 Å². The predicted octanol–water partition coefficient (Wildman–Crippen LogP) is 5.75. The van der Waals surface area contributed by atoms with Crippen LogP contribution < -0.4 is 15.5 Å². The molecule has 10 rings (SSSR count). The lowest BCUT2D eigenvalue weighted by atomic mass is 9.85. The van der Waals surface area contributed by atoms with Crippen LogP contribution in [0.1, 0.15) is 110 Å². The fraction of sp³-hybridized carbons (Fsp3) is 0.571. The summed E-state index contributed by atoms with van der Waals surface area (Å²) in [5.74, 6) is 5.48. The van der Waals surface area contributed by atoms with Crippen molar-refractivity contribution in [2.45, 2.75) is 108 Å². The van der Waals surface area contributed by atoms with Gasteiger partial charge in [0, 0.05) is 57.4 Å². The van der Waals surface area contributed by atoms with Gasteiger partial charge in [-0.1, -0.05) is 30.9 Å². The molecule has 4 aromatic heterocycles. The highest BCUT2D eigenvalue weighted by molar-refractivity contribution is 6.08. The lowest BCUT2D eigenvalue weighted by molar-refractivity contribution is -0.157. The van der Waals surface area contributed by atoms with E-state index in [0.717, 1.165) is 69.2 Å². The number of nitrogens with one attached hydrogen (secondary N) is 2. The Kier molecular flexibility index (Phi) is 13.7. The fourth-order valence-electron chi connectivity index (χ4n) is 10.7. The number of aromatic nitrogens is 7. The third-order valence-electron chi connectivity index (χ3n) is 14.6. The highest BCUT2D eigenvalue weighted by atomic mass is 19.3. The Hall–Kier alpha value is -5.88. The summed E-state index contributed by atoms with van der Waals surface area (Å²) in [4.78, 5) is 47.1. The molecule has 0 radical (unpaired) electrons. The molecule has 69 heavy (non-hydrogen) atoms. The van der Waals surface area contributed by atoms with Crippen LogP contribution in [0.4, 0.5) is 24.7 Å². The van der Waals surface area contributed by atoms with E-state index in [-0.39, 0.29) is 66.8 Å². The third kappa shape index (κ3) is 10.1. The van der Waals surface area contributed by atoms with E-state index in [1.807, 2.05) is 31.2 Å². The number of fused-ring (bicyclic) bond motifs is 2. The van der Waals surface area contributed by atoms with Gasteiger partial charge in [0.1, 0.15) is 30.3 Å². The van der Waals surface area contributed by atoms with Gasteiger partial charge in [0.05, 0.1) is 66.0 Å². The van der Waals surface area contributed by atoms with Crippen LogP contribution >= 0.6 is 0 Å². The molecule has 4 atom stereocenters. The summed E-state index contributed by atoms with van der Waals surface area (Å²) in [5.41, 5.74) is 2.06. The highest BCUT2D eigenvalue weighted by Gasteiger charge is 2.36. The van der Waals surface area contributed by atoms with E-state index in [1.54, 1.807) is 22.6 Å². The zero-order valence-corrected chi connectivity index (χ0v) is 38.9. The molecule has 1 aromatic carbocycles. The molecule has 20 heteroatoms. The third-order valence-corrected chi connectivity index (χ3v) is 14.6. The first-order valence-electron chi connectivity index (χ1n) is 24.2. The zero-order chi connectivity index (χ0) is 47.8. The molecule has 5 aromatic rings. The average molecular weight is 954 g/mol. The number of carbonyl (C=O) groups excluding carboxylic acids is 3. The summed E-state index contributed by atoms with van der Waals surface area (Å²) in [6, 6.07) is 7.36. The molecule has 4 aliphatic heterocycles. The van der Waals surface area contributed by atoms with Crippen LogP contribution in [-0.4, -0.2) is 134 Å².